The maximum absolute atomic E-state index is 12.0. The third-order valence-electron chi connectivity index (χ3n) is 1.09. The Kier molecular flexibility index (Phi) is 3.66. The van der Waals surface area contributed by atoms with Crippen molar-refractivity contribution in [2.45, 2.75) is 32.1 Å². The molecule has 0 saturated carbocycles. The zero-order valence-electron chi connectivity index (χ0n) is 5.46. The van der Waals surface area contributed by atoms with Crippen molar-refractivity contribution in [3.63, 3.8) is 0 Å². The quantitative estimate of drug-likeness (QED) is 0.563. The number of halogens is 3. The lowest BCUT2D eigenvalue weighted by atomic mass is 10.2. The fourth-order valence-electron chi connectivity index (χ4n) is 0.502. The molecule has 0 amide bonds. The van der Waals surface area contributed by atoms with Crippen molar-refractivity contribution in [2.24, 2.45) is 0 Å². The Hall–Kier alpha value is -0.210. The van der Waals surface area contributed by atoms with Gasteiger partial charge in [-0.3, -0.25) is 0 Å². The summed E-state index contributed by atoms with van der Waals surface area (Å²) in [5.74, 6) is -3.07. The van der Waals surface area contributed by atoms with Crippen molar-refractivity contribution in [2.75, 3.05) is 6.67 Å². The van der Waals surface area contributed by atoms with Crippen LogP contribution in [0.2, 0.25) is 0 Å². The molecule has 0 aromatic rings. The summed E-state index contributed by atoms with van der Waals surface area (Å²) in [5, 5.41) is 0. The molecule has 56 valence electrons. The molecule has 0 aliphatic rings. The first-order valence-electron chi connectivity index (χ1n) is 3.06. The van der Waals surface area contributed by atoms with Crippen molar-refractivity contribution < 1.29 is 13.2 Å². The Labute approximate surface area is 53.1 Å². The molecule has 0 aromatic carbocycles. The molecule has 0 spiro atoms. The van der Waals surface area contributed by atoms with Crippen LogP contribution in [0.3, 0.4) is 0 Å². The normalized spacial score (nSPS) is 12.0. The zero-order valence-corrected chi connectivity index (χ0v) is 5.46. The Morgan fingerprint density at radius 1 is 1.33 bits per heavy atom. The van der Waals surface area contributed by atoms with Gasteiger partial charge in [-0.2, -0.15) is 0 Å². The molecule has 0 aliphatic carbocycles. The first kappa shape index (κ1) is 8.79. The van der Waals surface area contributed by atoms with Crippen LogP contribution in [-0.4, -0.2) is 12.6 Å². The van der Waals surface area contributed by atoms with Crippen LogP contribution in [0.25, 0.3) is 0 Å². The van der Waals surface area contributed by atoms with Gasteiger partial charge in [0.25, 0.3) is 5.92 Å². The van der Waals surface area contributed by atoms with Gasteiger partial charge >= 0.3 is 0 Å². The summed E-state index contributed by atoms with van der Waals surface area (Å²) in [4.78, 5) is 0. The van der Waals surface area contributed by atoms with Gasteiger partial charge in [0.05, 0.1) is 0 Å². The molecule has 0 rings (SSSR count). The Morgan fingerprint density at radius 2 is 1.89 bits per heavy atom. The summed E-state index contributed by atoms with van der Waals surface area (Å²) < 4.78 is 35.3. The van der Waals surface area contributed by atoms with Crippen molar-refractivity contribution in [1.29, 1.82) is 0 Å². The number of hydrogen-bond donors (Lipinski definition) is 0. The second-order valence-electron chi connectivity index (χ2n) is 2.09. The van der Waals surface area contributed by atoms with E-state index in [1.54, 1.807) is 6.92 Å². The van der Waals surface area contributed by atoms with E-state index in [0.29, 0.717) is 12.8 Å². The average molecular weight is 140 g/mol. The lowest BCUT2D eigenvalue weighted by molar-refractivity contribution is -0.0316. The minimum Gasteiger partial charge on any atom is -0.244 e. The number of hydrogen-bond acceptors (Lipinski definition) is 0. The van der Waals surface area contributed by atoms with Crippen LogP contribution in [-0.2, 0) is 0 Å². The average Bonchev–Trinajstić information content (AvgIpc) is 1.84. The van der Waals surface area contributed by atoms with Crippen LogP contribution in [0, 0.1) is 0 Å². The Bertz CT molecular complexity index is 70.7. The minimum atomic E-state index is -3.07. The van der Waals surface area contributed by atoms with E-state index < -0.39 is 12.6 Å². The number of unbranched alkanes of at least 4 members (excludes halogenated alkanes) is 1. The lowest BCUT2D eigenvalue weighted by Gasteiger charge is -2.09. The van der Waals surface area contributed by atoms with Crippen molar-refractivity contribution in [3.05, 3.63) is 0 Å². The van der Waals surface area contributed by atoms with Gasteiger partial charge in [0, 0.05) is 6.42 Å². The highest BCUT2D eigenvalue weighted by atomic mass is 19.3. The highest BCUT2D eigenvalue weighted by Crippen LogP contribution is 2.20. The van der Waals surface area contributed by atoms with E-state index in [1.807, 2.05) is 0 Å². The zero-order chi connectivity index (χ0) is 7.33. The summed E-state index contributed by atoms with van der Waals surface area (Å²) in [6, 6.07) is 0. The van der Waals surface area contributed by atoms with E-state index in [9.17, 15) is 13.2 Å². The SMILES string of the molecule is CCCCC(F)(F)CF. The molecule has 0 aliphatic heterocycles. The molecule has 0 heterocycles. The molecule has 3 heteroatoms. The smallest absolute Gasteiger partial charge is 0.244 e. The van der Waals surface area contributed by atoms with Gasteiger partial charge in [-0.25, -0.2) is 13.2 Å². The van der Waals surface area contributed by atoms with Gasteiger partial charge in [-0.15, -0.1) is 0 Å². The van der Waals surface area contributed by atoms with Crippen LogP contribution in [0.4, 0.5) is 13.2 Å². The number of alkyl halides is 3. The van der Waals surface area contributed by atoms with E-state index in [0.717, 1.165) is 0 Å². The maximum atomic E-state index is 12.0. The predicted octanol–water partition coefficient (Wildman–Crippen LogP) is 2.78. The van der Waals surface area contributed by atoms with Crippen LogP contribution >= 0.6 is 0 Å². The summed E-state index contributed by atoms with van der Waals surface area (Å²) in [6.45, 7) is 0.279. The van der Waals surface area contributed by atoms with Crippen molar-refractivity contribution >= 4 is 0 Å². The first-order chi connectivity index (χ1) is 4.12. The molecular weight excluding hydrogens is 129 g/mol. The van der Waals surface area contributed by atoms with Crippen LogP contribution in [0.1, 0.15) is 26.2 Å². The standard InChI is InChI=1S/C6H11F3/c1-2-3-4-6(8,9)5-7/h2-5H2,1H3. The van der Waals surface area contributed by atoms with E-state index >= 15 is 0 Å². The van der Waals surface area contributed by atoms with E-state index in [-0.39, 0.29) is 6.42 Å². The monoisotopic (exact) mass is 140 g/mol. The highest BCUT2D eigenvalue weighted by molar-refractivity contribution is 4.62. The molecule has 9 heavy (non-hydrogen) atoms. The lowest BCUT2D eigenvalue weighted by Crippen LogP contribution is -2.17. The highest BCUT2D eigenvalue weighted by Gasteiger charge is 2.27. The first-order valence-corrected chi connectivity index (χ1v) is 3.06. The van der Waals surface area contributed by atoms with Crippen LogP contribution in [0.15, 0.2) is 0 Å². The third-order valence-corrected chi connectivity index (χ3v) is 1.09. The maximum Gasteiger partial charge on any atom is 0.275 e. The molecule has 0 aromatic heterocycles. The fourth-order valence-corrected chi connectivity index (χ4v) is 0.502. The Balaban J connectivity index is 3.33. The Morgan fingerprint density at radius 3 is 2.22 bits per heavy atom. The molecule has 0 fully saturated rings. The van der Waals surface area contributed by atoms with E-state index in [2.05, 4.69) is 0 Å². The molecule has 0 unspecified atom stereocenters. The summed E-state index contributed by atoms with van der Waals surface area (Å²) >= 11 is 0. The minimum absolute atomic E-state index is 0.319. The van der Waals surface area contributed by atoms with Gasteiger partial charge in [-0.1, -0.05) is 13.3 Å². The molecular formula is C6H11F3. The van der Waals surface area contributed by atoms with Crippen LogP contribution < -0.4 is 0 Å². The van der Waals surface area contributed by atoms with Gasteiger partial charge in [0.2, 0.25) is 0 Å². The topological polar surface area (TPSA) is 0 Å². The van der Waals surface area contributed by atoms with E-state index in [4.69, 9.17) is 0 Å². The number of rotatable bonds is 4. The van der Waals surface area contributed by atoms with Gasteiger partial charge < -0.3 is 0 Å². The molecule has 0 bridgehead atoms. The molecule has 0 atom stereocenters. The molecule has 0 radical (unpaired) electrons. The van der Waals surface area contributed by atoms with Crippen molar-refractivity contribution in [3.8, 4) is 0 Å². The second-order valence-corrected chi connectivity index (χ2v) is 2.09. The summed E-state index contributed by atoms with van der Waals surface area (Å²) in [5.41, 5.74) is 0. The third kappa shape index (κ3) is 4.30. The predicted molar refractivity (Wildman–Crippen MR) is 30.4 cm³/mol. The largest absolute Gasteiger partial charge is 0.275 e. The van der Waals surface area contributed by atoms with Gasteiger partial charge in [0.1, 0.15) is 0 Å². The summed E-state index contributed by atoms with van der Waals surface area (Å²) in [7, 11) is 0. The fraction of sp³-hybridized carbons (Fsp3) is 1.00. The molecule has 0 nitrogen and oxygen atoms in total. The molecule has 0 N–H and O–H groups in total. The second kappa shape index (κ2) is 3.75. The van der Waals surface area contributed by atoms with Crippen molar-refractivity contribution in [1.82, 2.24) is 0 Å². The molecule has 0 saturated heterocycles. The van der Waals surface area contributed by atoms with Gasteiger partial charge in [0.15, 0.2) is 6.67 Å². The van der Waals surface area contributed by atoms with Gasteiger partial charge in [-0.05, 0) is 6.42 Å². The van der Waals surface area contributed by atoms with E-state index in [1.165, 1.54) is 0 Å². The van der Waals surface area contributed by atoms with Crippen LogP contribution in [0.5, 0.6) is 0 Å². The summed E-state index contributed by atoms with van der Waals surface area (Å²) in [6.07, 6.45) is 0.770.